The summed E-state index contributed by atoms with van der Waals surface area (Å²) in [5.41, 5.74) is 30.7. The number of hydrogen-bond donors (Lipinski definition) is 0. The summed E-state index contributed by atoms with van der Waals surface area (Å²) in [5.74, 6) is 0. The molecule has 5 aliphatic heterocycles. The molecule has 5 heteroatoms. The van der Waals surface area contributed by atoms with E-state index in [1.54, 1.807) is 0 Å². The molecule has 0 saturated heterocycles. The van der Waals surface area contributed by atoms with Crippen LogP contribution in [0, 0.1) is 0 Å². The minimum absolute atomic E-state index is 1.04. The van der Waals surface area contributed by atoms with E-state index in [0.717, 1.165) is 96.4 Å². The summed E-state index contributed by atoms with van der Waals surface area (Å²) >= 11 is 0. The van der Waals surface area contributed by atoms with Gasteiger partial charge in [0, 0.05) is 71.6 Å². The van der Waals surface area contributed by atoms with E-state index in [9.17, 15) is 0 Å². The molecular formula is C92H55N5. The van der Waals surface area contributed by atoms with Gasteiger partial charge in [0.05, 0.1) is 79.6 Å². The highest BCUT2D eigenvalue weighted by Crippen LogP contribution is 2.64. The third-order valence-corrected chi connectivity index (χ3v) is 21.4. The van der Waals surface area contributed by atoms with E-state index in [4.69, 9.17) is 0 Å². The van der Waals surface area contributed by atoms with Crippen molar-refractivity contribution < 1.29 is 0 Å². The maximum atomic E-state index is 2.61. The van der Waals surface area contributed by atoms with Gasteiger partial charge < -0.3 is 24.5 Å². The molecule has 0 aromatic heterocycles. The molecule has 0 radical (unpaired) electrons. The van der Waals surface area contributed by atoms with Gasteiger partial charge in [-0.15, -0.1) is 0 Å². The molecule has 0 fully saturated rings. The minimum Gasteiger partial charge on any atom is -0.309 e. The van der Waals surface area contributed by atoms with Crippen LogP contribution < -0.4 is 24.5 Å². The highest BCUT2D eigenvalue weighted by atomic mass is 15.2. The van der Waals surface area contributed by atoms with Gasteiger partial charge in [-0.25, -0.2) is 0 Å². The summed E-state index contributed by atoms with van der Waals surface area (Å²) in [7, 11) is 0. The first-order valence-electron chi connectivity index (χ1n) is 33.6. The zero-order chi connectivity index (χ0) is 63.1. The predicted octanol–water partition coefficient (Wildman–Crippen LogP) is 26.4. The van der Waals surface area contributed by atoms with E-state index < -0.39 is 0 Å². The van der Waals surface area contributed by atoms with E-state index in [2.05, 4.69) is 358 Å². The smallest absolute Gasteiger partial charge is 0.0724 e. The Bertz CT molecular complexity index is 6310. The summed E-state index contributed by atoms with van der Waals surface area (Å²) in [5, 5.41) is 12.1. The van der Waals surface area contributed by atoms with Crippen molar-refractivity contribution in [3.8, 4) is 66.8 Å². The number of anilines is 15. The lowest BCUT2D eigenvalue weighted by Crippen LogP contribution is -2.23. The van der Waals surface area contributed by atoms with Crippen LogP contribution in [0.2, 0.25) is 0 Å². The summed E-state index contributed by atoms with van der Waals surface area (Å²) in [4.78, 5) is 12.9. The quantitative estimate of drug-likeness (QED) is 0.164. The Balaban J connectivity index is 0.930. The third kappa shape index (κ3) is 7.21. The second-order valence-corrected chi connectivity index (χ2v) is 26.2. The third-order valence-electron chi connectivity index (χ3n) is 21.4. The van der Waals surface area contributed by atoms with Gasteiger partial charge in [0.25, 0.3) is 0 Å². The van der Waals surface area contributed by atoms with E-state index >= 15 is 0 Å². The molecule has 0 saturated carbocycles. The molecule has 5 heterocycles. The summed E-state index contributed by atoms with van der Waals surface area (Å²) in [6.45, 7) is 0. The van der Waals surface area contributed by atoms with E-state index in [1.165, 1.54) is 109 Å². The first-order valence-corrected chi connectivity index (χ1v) is 33.6. The van der Waals surface area contributed by atoms with Gasteiger partial charge in [-0.3, -0.25) is 0 Å². The molecule has 22 rings (SSSR count). The van der Waals surface area contributed by atoms with Crippen LogP contribution in [0.15, 0.2) is 334 Å². The molecule has 5 nitrogen and oxygen atoms in total. The number of nitrogens with zero attached hydrogens (tertiary/aromatic N) is 5. The topological polar surface area (TPSA) is 16.2 Å². The molecule has 97 heavy (non-hydrogen) atoms. The molecule has 448 valence electrons. The molecule has 17 aromatic rings. The van der Waals surface area contributed by atoms with Crippen LogP contribution in [0.1, 0.15) is 0 Å². The predicted molar refractivity (Wildman–Crippen MR) is 408 cm³/mol. The van der Waals surface area contributed by atoms with Crippen molar-refractivity contribution in [2.45, 2.75) is 0 Å². The van der Waals surface area contributed by atoms with Crippen LogP contribution in [-0.4, -0.2) is 0 Å². The summed E-state index contributed by atoms with van der Waals surface area (Å²) in [6, 6.07) is 126. The van der Waals surface area contributed by atoms with Crippen molar-refractivity contribution in [1.29, 1.82) is 0 Å². The van der Waals surface area contributed by atoms with Gasteiger partial charge >= 0.3 is 0 Å². The molecule has 0 N–H and O–H groups in total. The zero-order valence-electron chi connectivity index (χ0n) is 52.5. The number of benzene rings is 17. The van der Waals surface area contributed by atoms with Crippen LogP contribution >= 0.6 is 0 Å². The van der Waals surface area contributed by atoms with Crippen molar-refractivity contribution in [1.82, 2.24) is 0 Å². The van der Waals surface area contributed by atoms with Crippen LogP contribution in [-0.2, 0) is 0 Å². The van der Waals surface area contributed by atoms with Gasteiger partial charge in [0.15, 0.2) is 0 Å². The average molecular weight is 1230 g/mol. The highest BCUT2D eigenvalue weighted by molar-refractivity contribution is 6.23. The van der Waals surface area contributed by atoms with Crippen molar-refractivity contribution >= 4 is 139 Å². The second kappa shape index (κ2) is 19.8. The molecule has 0 unspecified atom stereocenters. The monoisotopic (exact) mass is 1230 g/mol. The standard InChI is InChI=1S/C92H55N5/c1-6-41-74-62(31-1)68-36-11-21-56-26-16-46-79(88(56)68)93(74)61-51-52-67(84(53-61)94-75-42-7-2-32-63(75)69-37-12-22-57-27-17-47-80(94)89(57)69)73-54-86(96-77-44-9-4-34-65(77)71-39-14-24-59-29-19-49-82(96)91(59)71)87(97-78-45-10-5-35-66(78)72-40-15-25-60-30-20-50-83(97)92(60)72)55-85(73)95-76-43-8-3-33-64(76)70-38-13-23-58-28-18-48-81(95)90(58)70/h1-55H. The van der Waals surface area contributed by atoms with Crippen molar-refractivity contribution in [3.63, 3.8) is 0 Å². The lowest BCUT2D eigenvalue weighted by atomic mass is 9.87. The molecule has 0 bridgehead atoms. The Morgan fingerprint density at radius 3 is 0.680 bits per heavy atom. The normalized spacial score (nSPS) is 13.3. The molecule has 0 amide bonds. The molecule has 0 aliphatic carbocycles. The first-order chi connectivity index (χ1) is 48.2. The van der Waals surface area contributed by atoms with Gasteiger partial charge in [-0.05, 0) is 140 Å². The first kappa shape index (κ1) is 52.5. The second-order valence-electron chi connectivity index (χ2n) is 26.2. The Labute approximate surface area is 560 Å². The average Bonchev–Trinajstić information content (AvgIpc) is 0.706. The fraction of sp³-hybridized carbons (Fsp3) is 0. The van der Waals surface area contributed by atoms with E-state index in [-0.39, 0.29) is 0 Å². The van der Waals surface area contributed by atoms with Crippen molar-refractivity contribution in [2.75, 3.05) is 24.5 Å². The molecule has 17 aromatic carbocycles. The number of hydrogen-bond acceptors (Lipinski definition) is 5. The highest BCUT2D eigenvalue weighted by Gasteiger charge is 2.39. The molecule has 0 spiro atoms. The van der Waals surface area contributed by atoms with Crippen LogP contribution in [0.5, 0.6) is 0 Å². The maximum Gasteiger partial charge on any atom is 0.0724 e. The van der Waals surface area contributed by atoms with E-state index in [1.807, 2.05) is 0 Å². The van der Waals surface area contributed by atoms with Gasteiger partial charge in [-0.2, -0.15) is 0 Å². The Morgan fingerprint density at radius 2 is 0.351 bits per heavy atom. The fourth-order valence-electron chi connectivity index (χ4n) is 17.5. The Kier molecular flexibility index (Phi) is 10.7. The fourth-order valence-corrected chi connectivity index (χ4v) is 17.5. The lowest BCUT2D eigenvalue weighted by Gasteiger charge is -2.41. The van der Waals surface area contributed by atoms with Crippen LogP contribution in [0.4, 0.5) is 85.3 Å². The van der Waals surface area contributed by atoms with Gasteiger partial charge in [0.2, 0.25) is 0 Å². The Hall–Kier alpha value is -13.0. The van der Waals surface area contributed by atoms with Crippen LogP contribution in [0.3, 0.4) is 0 Å². The number of fused-ring (bicyclic) bond motifs is 10. The molecule has 5 aliphatic rings. The summed E-state index contributed by atoms with van der Waals surface area (Å²) in [6.07, 6.45) is 0. The van der Waals surface area contributed by atoms with E-state index in [0.29, 0.717) is 0 Å². The Morgan fingerprint density at radius 1 is 0.124 bits per heavy atom. The van der Waals surface area contributed by atoms with Crippen LogP contribution in [0.25, 0.3) is 121 Å². The zero-order valence-corrected chi connectivity index (χ0v) is 52.5. The van der Waals surface area contributed by atoms with Crippen molar-refractivity contribution in [3.05, 3.63) is 334 Å². The SMILES string of the molecule is c1ccc2c(c1)-c1cccc3cccc(c13)N2c1ccc(-c2cc(N3c4ccccc4-c4cccc5cccc3c45)c(N3c4ccccc4-c4cccc5cccc3c45)cc2N2c3ccccc3-c3cccc4cccc2c34)c(N2c3ccccc3-c3cccc4cccc2c34)c1. The number of para-hydroxylation sites is 5. The van der Waals surface area contributed by atoms with Gasteiger partial charge in [-0.1, -0.05) is 249 Å². The summed E-state index contributed by atoms with van der Waals surface area (Å²) < 4.78 is 0. The maximum absolute atomic E-state index is 2.61. The minimum atomic E-state index is 1.04. The molecule has 0 atom stereocenters. The number of rotatable bonds is 6. The lowest BCUT2D eigenvalue weighted by molar-refractivity contribution is 1.21. The van der Waals surface area contributed by atoms with Gasteiger partial charge in [0.1, 0.15) is 0 Å². The largest absolute Gasteiger partial charge is 0.309 e. The molecular weight excluding hydrogens is 1180 g/mol. The van der Waals surface area contributed by atoms with Crippen molar-refractivity contribution in [2.24, 2.45) is 0 Å².